The van der Waals surface area contributed by atoms with Gasteiger partial charge in [0.25, 0.3) is 0 Å². The minimum absolute atomic E-state index is 0. The SMILES string of the molecule is CC(C)(C)OC(=O)NCCCC[C@H](NC(=O)C1CCCC1)C(=O)CBr.CC(C)(C)OC(=O)NCCCC[C@H](NC(=O)C1CCCC1)C(=O)COc1c(F)cccc1F.Oc1c(F)cccc1F.[F-].[K+]. The Kier molecular flexibility index (Phi) is 32.4. The number of benzene rings is 2. The van der Waals surface area contributed by atoms with Gasteiger partial charge in [-0.15, -0.1) is 0 Å². The summed E-state index contributed by atoms with van der Waals surface area (Å²) in [5.41, 5.74) is -1.11. The zero-order chi connectivity index (χ0) is 50.2. The molecular formula is C48H69BrF5KN4O10. The summed E-state index contributed by atoms with van der Waals surface area (Å²) in [5.74, 6) is -5.94. The van der Waals surface area contributed by atoms with E-state index in [1.54, 1.807) is 20.8 Å². The number of phenols is 1. The van der Waals surface area contributed by atoms with Gasteiger partial charge in [0, 0.05) is 24.9 Å². The number of aromatic hydroxyl groups is 1. The third-order valence-corrected chi connectivity index (χ3v) is 10.9. The van der Waals surface area contributed by atoms with Crippen molar-refractivity contribution in [3.05, 3.63) is 59.7 Å². The van der Waals surface area contributed by atoms with Crippen LogP contribution in [0, 0.1) is 35.1 Å². The van der Waals surface area contributed by atoms with Crippen LogP contribution in [0.3, 0.4) is 0 Å². The van der Waals surface area contributed by atoms with Crippen LogP contribution in [-0.4, -0.2) is 89.0 Å². The van der Waals surface area contributed by atoms with Crippen molar-refractivity contribution >= 4 is 51.5 Å². The normalized spacial score (nSPS) is 14.4. The number of carbonyl (C=O) groups is 6. The Morgan fingerprint density at radius 3 is 1.35 bits per heavy atom. The number of rotatable bonds is 20. The van der Waals surface area contributed by atoms with E-state index in [0.717, 1.165) is 88.5 Å². The van der Waals surface area contributed by atoms with Gasteiger partial charge in [-0.05, 0) is 130 Å². The van der Waals surface area contributed by atoms with Crippen molar-refractivity contribution < 1.29 is 122 Å². The first-order chi connectivity index (χ1) is 31.5. The molecule has 4 rings (SSSR count). The summed E-state index contributed by atoms with van der Waals surface area (Å²) in [6.45, 7) is 11.0. The van der Waals surface area contributed by atoms with E-state index in [-0.39, 0.29) is 90.9 Å². The largest absolute Gasteiger partial charge is 1.00 e. The van der Waals surface area contributed by atoms with Crippen LogP contribution >= 0.6 is 15.9 Å². The number of unbranched alkanes of at least 4 members (excludes halogenated alkanes) is 2. The van der Waals surface area contributed by atoms with Crippen molar-refractivity contribution in [2.75, 3.05) is 25.0 Å². The topological polar surface area (TPSA) is 198 Å². The summed E-state index contributed by atoms with van der Waals surface area (Å²) in [6.07, 6.45) is 10.0. The fraction of sp³-hybridized carbons (Fsp3) is 0.625. The number of alkyl halides is 1. The molecule has 14 nitrogen and oxygen atoms in total. The van der Waals surface area contributed by atoms with E-state index in [9.17, 15) is 46.3 Å². The van der Waals surface area contributed by atoms with E-state index in [2.05, 4.69) is 37.2 Å². The molecule has 5 N–H and O–H groups in total. The maximum absolute atomic E-state index is 13.8. The number of carbonyl (C=O) groups excluding carboxylic acids is 6. The zero-order valence-corrected chi connectivity index (χ0v) is 45.6. The molecule has 2 fully saturated rings. The Morgan fingerprint density at radius 1 is 0.638 bits per heavy atom. The molecule has 0 aromatic heterocycles. The molecule has 0 heterocycles. The molecule has 2 aliphatic rings. The molecule has 0 aliphatic heterocycles. The first kappa shape index (κ1) is 65.6. The number of amides is 4. The summed E-state index contributed by atoms with van der Waals surface area (Å²) in [5, 5.41) is 19.7. The maximum atomic E-state index is 13.8. The number of halogens is 6. The second-order valence-corrected chi connectivity index (χ2v) is 19.0. The van der Waals surface area contributed by atoms with Crippen molar-refractivity contribution in [3.63, 3.8) is 0 Å². The van der Waals surface area contributed by atoms with Crippen LogP contribution in [0.25, 0.3) is 0 Å². The van der Waals surface area contributed by atoms with Crippen molar-refractivity contribution in [1.29, 1.82) is 0 Å². The Hall–Kier alpha value is -3.37. The first-order valence-corrected chi connectivity index (χ1v) is 24.0. The fourth-order valence-corrected chi connectivity index (χ4v) is 7.38. The van der Waals surface area contributed by atoms with Crippen LogP contribution in [-0.2, 0) is 28.7 Å². The average molecular weight is 1080 g/mol. The van der Waals surface area contributed by atoms with Gasteiger partial charge in [0.15, 0.2) is 46.3 Å². The van der Waals surface area contributed by atoms with E-state index in [4.69, 9.17) is 19.3 Å². The predicted octanol–water partition coefficient (Wildman–Crippen LogP) is 3.28. The van der Waals surface area contributed by atoms with Gasteiger partial charge in [-0.25, -0.2) is 27.2 Å². The van der Waals surface area contributed by atoms with E-state index < -0.39 is 82.6 Å². The fourth-order valence-electron chi connectivity index (χ4n) is 6.99. The Balaban J connectivity index is 0.00000113. The molecule has 2 aromatic rings. The number of alkyl carbamates (subject to hydrolysis) is 2. The number of hydrogen-bond acceptors (Lipinski definition) is 10. The van der Waals surface area contributed by atoms with Crippen molar-refractivity contribution in [1.82, 2.24) is 21.3 Å². The average Bonchev–Trinajstić information content (AvgIpc) is 4.00. The quantitative estimate of drug-likeness (QED) is 0.0568. The number of para-hydroxylation sites is 2. The molecule has 2 saturated carbocycles. The zero-order valence-electron chi connectivity index (χ0n) is 40.9. The van der Waals surface area contributed by atoms with Crippen molar-refractivity contribution in [2.24, 2.45) is 11.8 Å². The summed E-state index contributed by atoms with van der Waals surface area (Å²) in [7, 11) is 0. The van der Waals surface area contributed by atoms with Gasteiger partial charge in [0.05, 0.1) is 17.4 Å². The van der Waals surface area contributed by atoms with Crippen LogP contribution in [0.1, 0.15) is 131 Å². The number of ether oxygens (including phenoxy) is 3. The molecule has 2 aromatic carbocycles. The van der Waals surface area contributed by atoms with Crippen molar-refractivity contribution in [2.45, 2.75) is 155 Å². The number of phenolic OH excluding ortho intramolecular Hbond substituents is 1. The number of ketones is 2. The summed E-state index contributed by atoms with van der Waals surface area (Å²) < 4.78 is 67.2. The number of nitrogens with one attached hydrogen (secondary N) is 4. The van der Waals surface area contributed by atoms with Crippen molar-refractivity contribution in [3.8, 4) is 11.5 Å². The second-order valence-electron chi connectivity index (χ2n) is 18.4. The van der Waals surface area contributed by atoms with E-state index in [1.807, 2.05) is 20.8 Å². The van der Waals surface area contributed by atoms with Crippen LogP contribution in [0.5, 0.6) is 11.5 Å². The number of Topliss-reactive ketones (excluding diaryl/α,β-unsaturated/α-hetero) is 2. The van der Waals surface area contributed by atoms with E-state index in [1.165, 1.54) is 12.1 Å². The third-order valence-electron chi connectivity index (χ3n) is 10.4. The van der Waals surface area contributed by atoms with Gasteiger partial charge < -0.3 is 45.3 Å². The molecule has 384 valence electrons. The van der Waals surface area contributed by atoms with Gasteiger partial charge >= 0.3 is 63.6 Å². The van der Waals surface area contributed by atoms with Gasteiger partial charge in [-0.1, -0.05) is 53.7 Å². The van der Waals surface area contributed by atoms with Crippen LogP contribution in [0.15, 0.2) is 36.4 Å². The van der Waals surface area contributed by atoms with Gasteiger partial charge in [-0.2, -0.15) is 0 Å². The molecule has 0 bridgehead atoms. The van der Waals surface area contributed by atoms with Gasteiger partial charge in [0.2, 0.25) is 11.8 Å². The standard InChI is InChI=1S/C24H34F2N2O5.C18H31BrN2O4.C6H4F2O.FH.K/c1-24(2,3)33-23(31)27-14-7-6-13-19(28-22(30)16-9-4-5-10-16)20(29)15-32-21-17(25)11-8-12-18(21)26;1-18(2,3)25-17(24)20-11-7-6-10-14(15(22)12-19)21-16(23)13-8-4-5-9-13;7-4-2-1-3-5(8)6(4)9;;/h8,11-12,16,19H,4-7,9-10,13-15H2,1-3H3,(H,27,31)(H,28,30);13-14H,4-12H2,1-3H3,(H,20,24)(H,21,23);1-3,9H;1H;/q;;;;+1/p-1/t19-;14-;;;/m00.../s1. The van der Waals surface area contributed by atoms with Crippen LogP contribution in [0.2, 0.25) is 0 Å². The summed E-state index contributed by atoms with van der Waals surface area (Å²) in [6, 6.07) is 5.15. The first-order valence-electron chi connectivity index (χ1n) is 22.9. The molecule has 4 amide bonds. The molecule has 69 heavy (non-hydrogen) atoms. The predicted molar refractivity (Wildman–Crippen MR) is 248 cm³/mol. The molecule has 2 atom stereocenters. The Morgan fingerprint density at radius 2 is 1.00 bits per heavy atom. The summed E-state index contributed by atoms with van der Waals surface area (Å²) >= 11 is 3.18. The monoisotopic (exact) mass is 1070 g/mol. The molecular weight excluding hydrogens is 1010 g/mol. The van der Waals surface area contributed by atoms with Gasteiger partial charge in [0.1, 0.15) is 17.8 Å². The molecule has 0 radical (unpaired) electrons. The Bertz CT molecular complexity index is 1870. The molecule has 2 aliphatic carbocycles. The second kappa shape index (κ2) is 34.1. The molecule has 0 unspecified atom stereocenters. The third kappa shape index (κ3) is 27.7. The van der Waals surface area contributed by atoms with Crippen LogP contribution in [0.4, 0.5) is 27.2 Å². The van der Waals surface area contributed by atoms with Gasteiger partial charge in [-0.3, -0.25) is 19.2 Å². The smallest absolute Gasteiger partial charge is 1.00 e. The molecule has 21 heteroatoms. The number of hydrogen-bond donors (Lipinski definition) is 5. The minimum Gasteiger partial charge on any atom is -1.00 e. The van der Waals surface area contributed by atoms with Crippen LogP contribution < -0.4 is 82.1 Å². The Labute approximate surface area is 453 Å². The minimum atomic E-state index is -0.935. The molecule has 0 spiro atoms. The van der Waals surface area contributed by atoms with E-state index in [0.29, 0.717) is 38.8 Å². The maximum Gasteiger partial charge on any atom is 1.00 e. The van der Waals surface area contributed by atoms with E-state index >= 15 is 0 Å². The summed E-state index contributed by atoms with van der Waals surface area (Å²) in [4.78, 5) is 72.8. The molecule has 0 saturated heterocycles.